The van der Waals surface area contributed by atoms with E-state index in [2.05, 4.69) is 26.6 Å². The second kappa shape index (κ2) is 9.55. The van der Waals surface area contributed by atoms with E-state index in [0.717, 1.165) is 48.8 Å². The SMILES string of the molecule is Cl.O=C(Nc1ccccc1Br)C1CCN(C(=O)C2CCCCN2)CC1. The lowest BCUT2D eigenvalue weighted by Gasteiger charge is -2.35. The third-order valence-electron chi connectivity index (χ3n) is 4.92. The fourth-order valence-electron chi connectivity index (χ4n) is 3.44. The van der Waals surface area contributed by atoms with Crippen LogP contribution < -0.4 is 10.6 Å². The zero-order valence-corrected chi connectivity index (χ0v) is 16.6. The lowest BCUT2D eigenvalue weighted by atomic mass is 9.94. The number of likely N-dealkylation sites (tertiary alicyclic amines) is 1. The van der Waals surface area contributed by atoms with E-state index in [-0.39, 0.29) is 36.2 Å². The van der Waals surface area contributed by atoms with Crippen molar-refractivity contribution in [2.75, 3.05) is 25.0 Å². The minimum atomic E-state index is -0.0273. The van der Waals surface area contributed by atoms with Crippen molar-refractivity contribution in [1.29, 1.82) is 0 Å². The fourth-order valence-corrected chi connectivity index (χ4v) is 3.83. The van der Waals surface area contributed by atoms with Crippen LogP contribution in [-0.4, -0.2) is 42.4 Å². The quantitative estimate of drug-likeness (QED) is 0.774. The van der Waals surface area contributed by atoms with Crippen LogP contribution in [0.5, 0.6) is 0 Å². The molecule has 2 N–H and O–H groups in total. The molecule has 0 aromatic heterocycles. The molecule has 1 aromatic rings. The van der Waals surface area contributed by atoms with E-state index >= 15 is 0 Å². The first-order chi connectivity index (χ1) is 11.6. The van der Waals surface area contributed by atoms with Gasteiger partial charge in [-0.2, -0.15) is 0 Å². The monoisotopic (exact) mass is 429 g/mol. The van der Waals surface area contributed by atoms with Crippen LogP contribution in [0.2, 0.25) is 0 Å². The molecule has 7 heteroatoms. The lowest BCUT2D eigenvalue weighted by molar-refractivity contribution is -0.137. The molecule has 3 rings (SSSR count). The number of carbonyl (C=O) groups is 2. The zero-order valence-electron chi connectivity index (χ0n) is 14.2. The van der Waals surface area contributed by atoms with Crippen molar-refractivity contribution in [3.05, 3.63) is 28.7 Å². The number of amides is 2. The number of hydrogen-bond acceptors (Lipinski definition) is 3. The molecule has 0 aliphatic carbocycles. The van der Waals surface area contributed by atoms with Crippen molar-refractivity contribution in [3.63, 3.8) is 0 Å². The van der Waals surface area contributed by atoms with Crippen LogP contribution in [0.3, 0.4) is 0 Å². The van der Waals surface area contributed by atoms with E-state index in [0.29, 0.717) is 13.1 Å². The molecule has 0 saturated carbocycles. The molecule has 0 radical (unpaired) electrons. The van der Waals surface area contributed by atoms with E-state index in [4.69, 9.17) is 0 Å². The number of nitrogens with zero attached hydrogens (tertiary/aromatic N) is 1. The van der Waals surface area contributed by atoms with Gasteiger partial charge in [-0.15, -0.1) is 12.4 Å². The highest BCUT2D eigenvalue weighted by atomic mass is 79.9. The van der Waals surface area contributed by atoms with Crippen molar-refractivity contribution < 1.29 is 9.59 Å². The first-order valence-electron chi connectivity index (χ1n) is 8.72. The Kier molecular flexibility index (Phi) is 7.72. The second-order valence-corrected chi connectivity index (χ2v) is 7.43. The molecule has 1 unspecified atom stereocenters. The van der Waals surface area contributed by atoms with E-state index < -0.39 is 0 Å². The molecule has 138 valence electrons. The van der Waals surface area contributed by atoms with Gasteiger partial charge in [0.15, 0.2) is 0 Å². The number of rotatable bonds is 3. The summed E-state index contributed by atoms with van der Waals surface area (Å²) in [4.78, 5) is 26.9. The van der Waals surface area contributed by atoms with Crippen LogP contribution in [0.15, 0.2) is 28.7 Å². The number of piperidine rings is 2. The van der Waals surface area contributed by atoms with Gasteiger partial charge in [0, 0.05) is 23.5 Å². The van der Waals surface area contributed by atoms with Crippen molar-refractivity contribution >= 4 is 45.8 Å². The van der Waals surface area contributed by atoms with Crippen molar-refractivity contribution in [1.82, 2.24) is 10.2 Å². The van der Waals surface area contributed by atoms with Gasteiger partial charge in [-0.05, 0) is 60.3 Å². The number of carbonyl (C=O) groups excluding carboxylic acids is 2. The lowest BCUT2D eigenvalue weighted by Crippen LogP contribution is -2.51. The maximum Gasteiger partial charge on any atom is 0.239 e. The summed E-state index contributed by atoms with van der Waals surface area (Å²) in [6.07, 6.45) is 4.67. The average Bonchev–Trinajstić information content (AvgIpc) is 2.64. The predicted octanol–water partition coefficient (Wildman–Crippen LogP) is 3.19. The summed E-state index contributed by atoms with van der Waals surface area (Å²) >= 11 is 3.45. The number of nitrogens with one attached hydrogen (secondary N) is 2. The van der Waals surface area contributed by atoms with Crippen LogP contribution in [0.1, 0.15) is 32.1 Å². The third-order valence-corrected chi connectivity index (χ3v) is 5.61. The van der Waals surface area contributed by atoms with E-state index in [1.165, 1.54) is 0 Å². The molecule has 25 heavy (non-hydrogen) atoms. The molecule has 1 aromatic carbocycles. The summed E-state index contributed by atoms with van der Waals surface area (Å²) in [5.74, 6) is 0.227. The highest BCUT2D eigenvalue weighted by molar-refractivity contribution is 9.10. The number of hydrogen-bond donors (Lipinski definition) is 2. The van der Waals surface area contributed by atoms with Crippen molar-refractivity contribution in [3.8, 4) is 0 Å². The van der Waals surface area contributed by atoms with Gasteiger partial charge in [0.1, 0.15) is 0 Å². The van der Waals surface area contributed by atoms with Gasteiger partial charge in [-0.25, -0.2) is 0 Å². The number of halogens is 2. The van der Waals surface area contributed by atoms with Gasteiger partial charge in [0.2, 0.25) is 11.8 Å². The largest absolute Gasteiger partial charge is 0.341 e. The first kappa shape index (κ1) is 20.2. The summed E-state index contributed by atoms with van der Waals surface area (Å²) in [7, 11) is 0. The normalized spacial score (nSPS) is 21.3. The Morgan fingerprint density at radius 3 is 2.48 bits per heavy atom. The van der Waals surface area contributed by atoms with Crippen LogP contribution in [0.25, 0.3) is 0 Å². The Hall–Kier alpha value is -1.11. The summed E-state index contributed by atoms with van der Waals surface area (Å²) < 4.78 is 0.884. The number of benzene rings is 1. The second-order valence-electron chi connectivity index (χ2n) is 6.57. The standard InChI is InChI=1S/C18H24BrN3O2.ClH/c19-14-5-1-2-6-15(14)21-17(23)13-8-11-22(12-9-13)18(24)16-7-3-4-10-20-16;/h1-2,5-6,13,16,20H,3-4,7-12H2,(H,21,23);1H. The van der Waals surface area contributed by atoms with Gasteiger partial charge in [0.05, 0.1) is 11.7 Å². The van der Waals surface area contributed by atoms with E-state index in [1.807, 2.05) is 29.2 Å². The molecule has 0 bridgehead atoms. The van der Waals surface area contributed by atoms with E-state index in [9.17, 15) is 9.59 Å². The number of para-hydroxylation sites is 1. The predicted molar refractivity (Wildman–Crippen MR) is 105 cm³/mol. The minimum absolute atomic E-state index is 0. The Labute approximate surface area is 163 Å². The molecule has 2 fully saturated rings. The summed E-state index contributed by atoms with van der Waals surface area (Å²) in [6, 6.07) is 7.59. The molecule has 2 aliphatic heterocycles. The smallest absolute Gasteiger partial charge is 0.239 e. The molecular weight excluding hydrogens is 406 g/mol. The van der Waals surface area contributed by atoms with Crippen LogP contribution in [0.4, 0.5) is 5.69 Å². The van der Waals surface area contributed by atoms with Gasteiger partial charge < -0.3 is 15.5 Å². The Morgan fingerprint density at radius 1 is 1.12 bits per heavy atom. The average molecular weight is 431 g/mol. The van der Waals surface area contributed by atoms with Crippen LogP contribution >= 0.6 is 28.3 Å². The highest BCUT2D eigenvalue weighted by Gasteiger charge is 2.31. The molecule has 2 heterocycles. The molecule has 2 saturated heterocycles. The maximum absolute atomic E-state index is 12.5. The van der Waals surface area contributed by atoms with E-state index in [1.54, 1.807) is 0 Å². The first-order valence-corrected chi connectivity index (χ1v) is 9.52. The maximum atomic E-state index is 12.5. The molecule has 5 nitrogen and oxygen atoms in total. The summed E-state index contributed by atoms with van der Waals surface area (Å²) in [6.45, 7) is 2.28. The Bertz CT molecular complexity index is 600. The highest BCUT2D eigenvalue weighted by Crippen LogP contribution is 2.25. The third kappa shape index (κ3) is 5.19. The molecule has 1 atom stereocenters. The molecule has 2 aliphatic rings. The van der Waals surface area contributed by atoms with Crippen LogP contribution in [0, 0.1) is 5.92 Å². The Balaban J connectivity index is 0.00000225. The van der Waals surface area contributed by atoms with Crippen LogP contribution in [-0.2, 0) is 9.59 Å². The Morgan fingerprint density at radius 2 is 1.84 bits per heavy atom. The number of anilines is 1. The topological polar surface area (TPSA) is 61.4 Å². The van der Waals surface area contributed by atoms with Gasteiger partial charge >= 0.3 is 0 Å². The van der Waals surface area contributed by atoms with Crippen molar-refractivity contribution in [2.45, 2.75) is 38.1 Å². The molecule has 0 spiro atoms. The van der Waals surface area contributed by atoms with Gasteiger partial charge in [0.25, 0.3) is 0 Å². The molecule has 2 amide bonds. The van der Waals surface area contributed by atoms with Crippen molar-refractivity contribution in [2.24, 2.45) is 5.92 Å². The van der Waals surface area contributed by atoms with Gasteiger partial charge in [-0.3, -0.25) is 9.59 Å². The zero-order chi connectivity index (χ0) is 16.9. The summed E-state index contributed by atoms with van der Waals surface area (Å²) in [5.41, 5.74) is 0.799. The molecular formula is C18H25BrClN3O2. The fraction of sp³-hybridized carbons (Fsp3) is 0.556. The summed E-state index contributed by atoms with van der Waals surface area (Å²) in [5, 5.41) is 6.30. The van der Waals surface area contributed by atoms with Gasteiger partial charge in [-0.1, -0.05) is 18.6 Å². The minimum Gasteiger partial charge on any atom is -0.341 e.